The van der Waals surface area contributed by atoms with Gasteiger partial charge in [0.05, 0.1) is 0 Å². The first-order chi connectivity index (χ1) is 14.9. The summed E-state index contributed by atoms with van der Waals surface area (Å²) >= 11 is 3.53. The van der Waals surface area contributed by atoms with Crippen molar-refractivity contribution in [3.8, 4) is 0 Å². The highest BCUT2D eigenvalue weighted by molar-refractivity contribution is 9.10. The first-order valence-corrected chi connectivity index (χ1v) is 10.8. The molecule has 0 spiro atoms. The number of benzene rings is 2. The third kappa shape index (κ3) is 4.83. The van der Waals surface area contributed by atoms with Gasteiger partial charge in [-0.05, 0) is 61.2 Å². The van der Waals surface area contributed by atoms with Crippen molar-refractivity contribution in [1.82, 2.24) is 15.0 Å². The van der Waals surface area contributed by atoms with Crippen molar-refractivity contribution in [2.75, 3.05) is 22.1 Å². The summed E-state index contributed by atoms with van der Waals surface area (Å²) in [5, 5.41) is 15.4. The number of fused-ring (bicyclic) bond motifs is 1. The minimum atomic E-state index is -1.09. The van der Waals surface area contributed by atoms with Gasteiger partial charge in [-0.2, -0.15) is 4.98 Å². The van der Waals surface area contributed by atoms with E-state index < -0.39 is 12.0 Å². The Hall–Kier alpha value is -3.04. The molecule has 0 bridgehead atoms. The van der Waals surface area contributed by atoms with Crippen molar-refractivity contribution in [2.45, 2.75) is 32.9 Å². The molecule has 3 aromatic rings. The number of halogens is 1. The number of carbonyl (C=O) groups excluding carboxylic acids is 1. The molecule has 160 valence electrons. The van der Waals surface area contributed by atoms with Gasteiger partial charge in [-0.3, -0.25) is 4.79 Å². The maximum atomic E-state index is 11.8. The van der Waals surface area contributed by atoms with E-state index in [-0.39, 0.29) is 0 Å². The van der Waals surface area contributed by atoms with E-state index in [0.717, 1.165) is 35.2 Å². The van der Waals surface area contributed by atoms with Gasteiger partial charge < -0.3 is 20.6 Å². The Morgan fingerprint density at radius 3 is 2.81 bits per heavy atom. The number of amides is 1. The molecule has 4 rings (SSSR count). The first-order valence-electron chi connectivity index (χ1n) is 9.97. The number of carbonyl (C=O) groups is 1. The Morgan fingerprint density at radius 2 is 2.00 bits per heavy atom. The summed E-state index contributed by atoms with van der Waals surface area (Å²) in [4.78, 5) is 27.2. The van der Waals surface area contributed by atoms with Gasteiger partial charge >= 0.3 is 0 Å². The fourth-order valence-electron chi connectivity index (χ4n) is 3.46. The zero-order valence-corrected chi connectivity index (χ0v) is 18.8. The molecule has 1 aliphatic heterocycles. The lowest BCUT2D eigenvalue weighted by molar-refractivity contribution is -0.123. The van der Waals surface area contributed by atoms with E-state index in [0.29, 0.717) is 17.6 Å². The van der Waals surface area contributed by atoms with Crippen molar-refractivity contribution >= 4 is 45.1 Å². The van der Waals surface area contributed by atoms with Gasteiger partial charge in [-0.15, -0.1) is 0 Å². The summed E-state index contributed by atoms with van der Waals surface area (Å²) in [6.45, 7) is 4.87. The molecule has 8 nitrogen and oxygen atoms in total. The molecule has 2 heterocycles. The Balaban J connectivity index is 1.52. The van der Waals surface area contributed by atoms with Crippen LogP contribution in [0.25, 0.3) is 0 Å². The topological polar surface area (TPSA) is 103 Å². The molecule has 2 aromatic carbocycles. The minimum absolute atomic E-state index is 0.425. The van der Waals surface area contributed by atoms with Crippen LogP contribution < -0.4 is 15.5 Å². The van der Waals surface area contributed by atoms with E-state index in [2.05, 4.69) is 64.6 Å². The highest BCUT2D eigenvalue weighted by Gasteiger charge is 2.19. The van der Waals surface area contributed by atoms with Crippen molar-refractivity contribution < 1.29 is 9.90 Å². The monoisotopic (exact) mass is 482 g/mol. The van der Waals surface area contributed by atoms with Gasteiger partial charge in [0.1, 0.15) is 12.4 Å². The molecule has 0 saturated heterocycles. The Morgan fingerprint density at radius 1 is 1.19 bits per heavy atom. The molecular weight excluding hydrogens is 460 g/mol. The predicted octanol–water partition coefficient (Wildman–Crippen LogP) is 3.57. The number of nitrogens with zero attached hydrogens (tertiary/aromatic N) is 4. The van der Waals surface area contributed by atoms with Gasteiger partial charge in [0, 0.05) is 28.9 Å². The predicted molar refractivity (Wildman–Crippen MR) is 123 cm³/mol. The van der Waals surface area contributed by atoms with Crippen LogP contribution in [-0.4, -0.2) is 38.6 Å². The number of nitrogens with one attached hydrogen (secondary N) is 2. The molecule has 3 N–H and O–H groups in total. The summed E-state index contributed by atoms with van der Waals surface area (Å²) in [7, 11) is 0. The highest BCUT2D eigenvalue weighted by Crippen LogP contribution is 2.27. The van der Waals surface area contributed by atoms with Gasteiger partial charge in [0.2, 0.25) is 11.9 Å². The van der Waals surface area contributed by atoms with Gasteiger partial charge in [-0.25, -0.2) is 9.97 Å². The average Bonchev–Trinajstić information content (AvgIpc) is 2.76. The van der Waals surface area contributed by atoms with Crippen molar-refractivity contribution in [3.63, 3.8) is 0 Å². The molecule has 1 atom stereocenters. The number of rotatable bonds is 5. The molecule has 0 saturated carbocycles. The number of hydrogen-bond acceptors (Lipinski definition) is 7. The van der Waals surface area contributed by atoms with Crippen LogP contribution in [0, 0.1) is 6.92 Å². The van der Waals surface area contributed by atoms with E-state index >= 15 is 0 Å². The smallest absolute Gasteiger partial charge is 0.252 e. The van der Waals surface area contributed by atoms with Crippen molar-refractivity contribution in [2.24, 2.45) is 0 Å². The standard InChI is InChI=1S/C22H23BrN6O2/c1-13-18(26-20(31)14(2)30)4-3-5-19(13)27-21-24-12-25-22(28-21)29-9-8-15-10-17(23)7-6-16(15)11-29/h3-7,10,12,14,30H,8-9,11H2,1-2H3,(H,26,31)(H,24,25,27,28)/t14-/m0/s1. The minimum Gasteiger partial charge on any atom is -0.384 e. The van der Waals surface area contributed by atoms with Gasteiger partial charge in [0.25, 0.3) is 5.91 Å². The summed E-state index contributed by atoms with van der Waals surface area (Å²) in [6.07, 6.45) is 1.33. The summed E-state index contributed by atoms with van der Waals surface area (Å²) < 4.78 is 1.09. The average molecular weight is 483 g/mol. The lowest BCUT2D eigenvalue weighted by Gasteiger charge is -2.29. The van der Waals surface area contributed by atoms with E-state index in [1.165, 1.54) is 24.4 Å². The van der Waals surface area contributed by atoms with Crippen LogP contribution in [0.3, 0.4) is 0 Å². The van der Waals surface area contributed by atoms with Crippen LogP contribution in [0.5, 0.6) is 0 Å². The number of aromatic nitrogens is 3. The summed E-state index contributed by atoms with van der Waals surface area (Å²) in [5.41, 5.74) is 4.79. The Labute approximate surface area is 188 Å². The van der Waals surface area contributed by atoms with E-state index in [9.17, 15) is 9.90 Å². The van der Waals surface area contributed by atoms with Crippen LogP contribution in [-0.2, 0) is 17.8 Å². The second-order valence-corrected chi connectivity index (χ2v) is 8.38. The lowest BCUT2D eigenvalue weighted by Crippen LogP contribution is -2.32. The molecule has 1 amide bonds. The number of aliphatic hydroxyl groups is 1. The summed E-state index contributed by atoms with van der Waals surface area (Å²) in [6, 6.07) is 11.8. The second-order valence-electron chi connectivity index (χ2n) is 7.46. The van der Waals surface area contributed by atoms with Crippen LogP contribution >= 0.6 is 15.9 Å². The fourth-order valence-corrected chi connectivity index (χ4v) is 3.87. The number of aliphatic hydroxyl groups excluding tert-OH is 1. The fraction of sp³-hybridized carbons (Fsp3) is 0.273. The molecule has 1 aliphatic rings. The van der Waals surface area contributed by atoms with Crippen LogP contribution in [0.4, 0.5) is 23.3 Å². The third-order valence-electron chi connectivity index (χ3n) is 5.24. The van der Waals surface area contributed by atoms with E-state index in [4.69, 9.17) is 0 Å². The molecule has 1 aromatic heterocycles. The second kappa shape index (κ2) is 8.99. The Bertz CT molecular complexity index is 1120. The normalized spacial score (nSPS) is 14.0. The lowest BCUT2D eigenvalue weighted by atomic mass is 10.0. The molecule has 0 radical (unpaired) electrons. The zero-order chi connectivity index (χ0) is 22.0. The van der Waals surface area contributed by atoms with Gasteiger partial charge in [-0.1, -0.05) is 28.1 Å². The molecule has 9 heteroatoms. The summed E-state index contributed by atoms with van der Waals surface area (Å²) in [5.74, 6) is 0.580. The van der Waals surface area contributed by atoms with E-state index in [1.54, 1.807) is 6.07 Å². The molecular formula is C22H23BrN6O2. The number of hydrogen-bond donors (Lipinski definition) is 3. The zero-order valence-electron chi connectivity index (χ0n) is 17.3. The van der Waals surface area contributed by atoms with Gasteiger partial charge in [0.15, 0.2) is 0 Å². The maximum absolute atomic E-state index is 11.8. The van der Waals surface area contributed by atoms with Crippen LogP contribution in [0.1, 0.15) is 23.6 Å². The highest BCUT2D eigenvalue weighted by atomic mass is 79.9. The molecule has 0 fully saturated rings. The SMILES string of the molecule is Cc1c(NC(=O)[C@H](C)O)cccc1Nc1ncnc(N2CCc3cc(Br)ccc3C2)n1. The first kappa shape index (κ1) is 21.2. The van der Waals surface area contributed by atoms with Crippen LogP contribution in [0.2, 0.25) is 0 Å². The molecule has 0 unspecified atom stereocenters. The van der Waals surface area contributed by atoms with E-state index in [1.807, 2.05) is 19.1 Å². The Kier molecular flexibility index (Phi) is 6.15. The van der Waals surface area contributed by atoms with Crippen molar-refractivity contribution in [1.29, 1.82) is 0 Å². The quantitative estimate of drug-likeness (QED) is 0.510. The third-order valence-corrected chi connectivity index (χ3v) is 5.73. The van der Waals surface area contributed by atoms with Crippen molar-refractivity contribution in [3.05, 3.63) is 63.9 Å². The maximum Gasteiger partial charge on any atom is 0.252 e. The largest absolute Gasteiger partial charge is 0.384 e. The van der Waals surface area contributed by atoms with Crippen LogP contribution in [0.15, 0.2) is 47.2 Å². The molecule has 0 aliphatic carbocycles. The molecule has 31 heavy (non-hydrogen) atoms. The number of anilines is 4.